The number of nitrogens with zero attached hydrogens (tertiary/aromatic N) is 5. The average Bonchev–Trinajstić information content (AvgIpc) is 3.24. The van der Waals surface area contributed by atoms with Crippen molar-refractivity contribution in [3.63, 3.8) is 0 Å². The number of hydrogen-bond acceptors (Lipinski definition) is 7. The van der Waals surface area contributed by atoms with Crippen LogP contribution >= 0.6 is 11.5 Å². The molecule has 4 aromatic heterocycles. The molecule has 1 fully saturated rings. The molecule has 144 valence electrons. The van der Waals surface area contributed by atoms with Gasteiger partial charge in [-0.15, -0.1) is 0 Å². The second-order valence-electron chi connectivity index (χ2n) is 7.69. The summed E-state index contributed by atoms with van der Waals surface area (Å²) in [7, 11) is 2.03. The highest BCUT2D eigenvalue weighted by Gasteiger charge is 2.42. The number of H-pyrrole nitrogens is 1. The van der Waals surface area contributed by atoms with Gasteiger partial charge < -0.3 is 5.32 Å². The Hall–Kier alpha value is -2.65. The van der Waals surface area contributed by atoms with E-state index < -0.39 is 5.67 Å². The van der Waals surface area contributed by atoms with Gasteiger partial charge in [0.2, 0.25) is 0 Å². The zero-order chi connectivity index (χ0) is 19.3. The Labute approximate surface area is 165 Å². The van der Waals surface area contributed by atoms with Crippen LogP contribution in [-0.2, 0) is 6.54 Å². The van der Waals surface area contributed by atoms with Gasteiger partial charge in [0.05, 0.1) is 27.7 Å². The van der Waals surface area contributed by atoms with Crippen molar-refractivity contribution < 1.29 is 4.39 Å². The van der Waals surface area contributed by atoms with Gasteiger partial charge in [-0.1, -0.05) is 0 Å². The summed E-state index contributed by atoms with van der Waals surface area (Å²) in [5.41, 5.74) is 2.35. The molecule has 0 unspecified atom stereocenters. The highest BCUT2D eigenvalue weighted by molar-refractivity contribution is 7.13. The first-order valence-electron chi connectivity index (χ1n) is 9.18. The highest BCUT2D eigenvalue weighted by atomic mass is 32.1. The largest absolute Gasteiger partial charge is 0.339 e. The summed E-state index contributed by atoms with van der Waals surface area (Å²) in [6.07, 6.45) is 4.68. The molecule has 7 nitrogen and oxygen atoms in total. The summed E-state index contributed by atoms with van der Waals surface area (Å²) < 4.78 is 19.4. The minimum atomic E-state index is -1.02. The van der Waals surface area contributed by atoms with Crippen molar-refractivity contribution in [1.82, 2.24) is 29.4 Å². The maximum absolute atomic E-state index is 13.8. The third-order valence-corrected chi connectivity index (χ3v) is 6.14. The number of anilines is 2. The van der Waals surface area contributed by atoms with E-state index in [0.717, 1.165) is 32.8 Å². The van der Waals surface area contributed by atoms with Crippen molar-refractivity contribution in [1.29, 1.82) is 0 Å². The van der Waals surface area contributed by atoms with Crippen molar-refractivity contribution in [3.8, 4) is 0 Å². The van der Waals surface area contributed by atoms with E-state index in [9.17, 15) is 4.39 Å². The molecule has 0 saturated heterocycles. The molecule has 5 rings (SSSR count). The number of fused-ring (bicyclic) bond motifs is 2. The SMILES string of the molecule is CN(Cc1nsc2cc(Nc3[nH]nc4ncccc34)cnc12)C1CC(C)(F)C1. The molecular weight excluding hydrogens is 377 g/mol. The van der Waals surface area contributed by atoms with Crippen molar-refractivity contribution in [3.05, 3.63) is 36.3 Å². The number of rotatable bonds is 5. The second kappa shape index (κ2) is 6.46. The zero-order valence-electron chi connectivity index (χ0n) is 15.6. The van der Waals surface area contributed by atoms with Crippen LogP contribution in [0.4, 0.5) is 15.9 Å². The quantitative estimate of drug-likeness (QED) is 0.529. The summed E-state index contributed by atoms with van der Waals surface area (Å²) in [4.78, 5) is 11.0. The molecule has 0 amide bonds. The van der Waals surface area contributed by atoms with Crippen LogP contribution in [0.3, 0.4) is 0 Å². The lowest BCUT2D eigenvalue weighted by atomic mass is 9.78. The van der Waals surface area contributed by atoms with Gasteiger partial charge in [-0.05, 0) is 56.5 Å². The van der Waals surface area contributed by atoms with Gasteiger partial charge in [0, 0.05) is 18.8 Å². The topological polar surface area (TPSA) is 82.6 Å². The van der Waals surface area contributed by atoms with Crippen molar-refractivity contribution in [2.24, 2.45) is 0 Å². The predicted molar refractivity (Wildman–Crippen MR) is 109 cm³/mol. The Bertz CT molecular complexity index is 1140. The van der Waals surface area contributed by atoms with Crippen molar-refractivity contribution in [2.75, 3.05) is 12.4 Å². The first-order valence-corrected chi connectivity index (χ1v) is 9.95. The highest BCUT2D eigenvalue weighted by Crippen LogP contribution is 2.39. The van der Waals surface area contributed by atoms with Gasteiger partial charge in [-0.3, -0.25) is 15.0 Å². The van der Waals surface area contributed by atoms with Crippen LogP contribution in [0.15, 0.2) is 30.6 Å². The summed E-state index contributed by atoms with van der Waals surface area (Å²) in [6.45, 7) is 2.35. The van der Waals surface area contributed by atoms with Crippen molar-refractivity contribution >= 4 is 44.3 Å². The summed E-state index contributed by atoms with van der Waals surface area (Å²) in [5, 5.41) is 11.4. The van der Waals surface area contributed by atoms with E-state index in [-0.39, 0.29) is 6.04 Å². The van der Waals surface area contributed by atoms with Crippen LogP contribution in [0.1, 0.15) is 25.5 Å². The fraction of sp³-hybridized carbons (Fsp3) is 0.368. The molecule has 1 aliphatic rings. The molecule has 0 aliphatic heterocycles. The standard InChI is InChI=1S/C19H20FN7S/c1-19(20)7-12(8-19)27(2)10-14-16-15(28-26-14)6-11(9-22-16)23-18-13-4-3-5-21-17(13)24-25-18/h3-6,9,12H,7-8,10H2,1-2H3,(H2,21,23,24,25). The number of halogens is 1. The molecule has 28 heavy (non-hydrogen) atoms. The average molecular weight is 397 g/mol. The first kappa shape index (κ1) is 17.4. The maximum atomic E-state index is 13.8. The van der Waals surface area contributed by atoms with Crippen LogP contribution in [0.5, 0.6) is 0 Å². The third-order valence-electron chi connectivity index (χ3n) is 5.32. The minimum absolute atomic E-state index is 0.273. The van der Waals surface area contributed by atoms with Crippen molar-refractivity contribution in [2.45, 2.75) is 38.0 Å². The van der Waals surface area contributed by atoms with Gasteiger partial charge in [0.25, 0.3) is 0 Å². The van der Waals surface area contributed by atoms with Gasteiger partial charge in [-0.2, -0.15) is 9.47 Å². The van der Waals surface area contributed by atoms with Crippen LogP contribution in [0, 0.1) is 0 Å². The molecule has 4 aromatic rings. The van der Waals surface area contributed by atoms with Crippen LogP contribution < -0.4 is 5.32 Å². The fourth-order valence-corrected chi connectivity index (χ4v) is 4.53. The molecule has 0 atom stereocenters. The summed E-state index contributed by atoms with van der Waals surface area (Å²) in [6, 6.07) is 6.15. The Morgan fingerprint density at radius 2 is 2.25 bits per heavy atom. The molecule has 2 N–H and O–H groups in total. The molecule has 1 saturated carbocycles. The molecule has 0 aromatic carbocycles. The third kappa shape index (κ3) is 3.10. The zero-order valence-corrected chi connectivity index (χ0v) is 16.4. The Kier molecular flexibility index (Phi) is 4.02. The van der Waals surface area contributed by atoms with E-state index in [2.05, 4.69) is 34.8 Å². The lowest BCUT2D eigenvalue weighted by Crippen LogP contribution is -2.49. The lowest BCUT2D eigenvalue weighted by molar-refractivity contribution is -0.00845. The second-order valence-corrected chi connectivity index (χ2v) is 8.49. The summed E-state index contributed by atoms with van der Waals surface area (Å²) in [5.74, 6) is 0.785. The molecule has 0 radical (unpaired) electrons. The van der Waals surface area contributed by atoms with Crippen LogP contribution in [-0.4, -0.2) is 48.2 Å². The van der Waals surface area contributed by atoms with E-state index in [0.29, 0.717) is 25.0 Å². The van der Waals surface area contributed by atoms with Crippen LogP contribution in [0.25, 0.3) is 21.3 Å². The molecule has 0 bridgehead atoms. The molecule has 9 heteroatoms. The van der Waals surface area contributed by atoms with Gasteiger partial charge in [-0.25, -0.2) is 9.37 Å². The number of nitrogens with one attached hydrogen (secondary N) is 2. The molecule has 4 heterocycles. The number of alkyl halides is 1. The monoisotopic (exact) mass is 397 g/mol. The van der Waals surface area contributed by atoms with E-state index in [1.54, 1.807) is 19.3 Å². The lowest BCUT2D eigenvalue weighted by Gasteiger charge is -2.43. The predicted octanol–water partition coefficient (Wildman–Crippen LogP) is 4.03. The molecule has 0 spiro atoms. The van der Waals surface area contributed by atoms with E-state index in [4.69, 9.17) is 0 Å². The normalized spacial score (nSPS) is 22.1. The number of pyridine rings is 2. The number of aromatic nitrogens is 5. The van der Waals surface area contributed by atoms with Gasteiger partial charge in [0.15, 0.2) is 5.65 Å². The van der Waals surface area contributed by atoms with E-state index in [1.807, 2.05) is 25.2 Å². The van der Waals surface area contributed by atoms with E-state index >= 15 is 0 Å². The van der Waals surface area contributed by atoms with Gasteiger partial charge in [0.1, 0.15) is 17.0 Å². The fourth-order valence-electron chi connectivity index (χ4n) is 3.74. The van der Waals surface area contributed by atoms with E-state index in [1.165, 1.54) is 11.5 Å². The number of hydrogen-bond donors (Lipinski definition) is 2. The number of aromatic amines is 1. The summed E-state index contributed by atoms with van der Waals surface area (Å²) >= 11 is 1.43. The minimum Gasteiger partial charge on any atom is -0.339 e. The first-order chi connectivity index (χ1) is 13.5. The Morgan fingerprint density at radius 1 is 1.39 bits per heavy atom. The molecular formula is C19H20FN7S. The Balaban J connectivity index is 1.35. The van der Waals surface area contributed by atoms with Gasteiger partial charge >= 0.3 is 0 Å². The Morgan fingerprint density at radius 3 is 3.07 bits per heavy atom. The molecule has 1 aliphatic carbocycles. The maximum Gasteiger partial charge on any atom is 0.183 e. The van der Waals surface area contributed by atoms with Crippen LogP contribution in [0.2, 0.25) is 0 Å². The smallest absolute Gasteiger partial charge is 0.183 e.